The Morgan fingerprint density at radius 3 is 1.97 bits per heavy atom. The molecule has 3 atom stereocenters. The first-order valence-corrected chi connectivity index (χ1v) is 12.4. The minimum atomic E-state index is -0.966. The highest BCUT2D eigenvalue weighted by atomic mass is 16.6. The number of nitrogens with zero attached hydrogens (tertiary/aromatic N) is 2. The number of carbonyl (C=O) groups is 3. The molecule has 5 rings (SSSR count). The SMILES string of the molecule is CC(C)(C)OC(=O)N1C[C@H]2CN(C(=O)OCC3c4ccccc4-c4ccccc43)C[C@H](C(=O)O)[C@@H]2C1. The van der Waals surface area contributed by atoms with E-state index in [0.29, 0.717) is 19.6 Å². The van der Waals surface area contributed by atoms with Crippen molar-refractivity contribution in [3.8, 4) is 11.1 Å². The van der Waals surface area contributed by atoms with Crippen molar-refractivity contribution in [2.75, 3.05) is 32.8 Å². The molecule has 2 amide bonds. The predicted octanol–water partition coefficient (Wildman–Crippen LogP) is 4.44. The fourth-order valence-corrected chi connectivity index (χ4v) is 5.85. The Labute approximate surface area is 210 Å². The first kappa shape index (κ1) is 24.2. The number of rotatable bonds is 3. The van der Waals surface area contributed by atoms with Gasteiger partial charge in [-0.3, -0.25) is 4.79 Å². The van der Waals surface area contributed by atoms with Crippen molar-refractivity contribution in [3.05, 3.63) is 59.7 Å². The van der Waals surface area contributed by atoms with Crippen molar-refractivity contribution in [1.82, 2.24) is 9.80 Å². The highest BCUT2D eigenvalue weighted by Gasteiger charge is 2.49. The molecule has 8 nitrogen and oxygen atoms in total. The number of hydrogen-bond acceptors (Lipinski definition) is 5. The van der Waals surface area contributed by atoms with Crippen molar-refractivity contribution in [2.45, 2.75) is 32.3 Å². The summed E-state index contributed by atoms with van der Waals surface area (Å²) >= 11 is 0. The summed E-state index contributed by atoms with van der Waals surface area (Å²) in [4.78, 5) is 40.9. The lowest BCUT2D eigenvalue weighted by Crippen LogP contribution is -2.51. The largest absolute Gasteiger partial charge is 0.481 e. The van der Waals surface area contributed by atoms with Crippen LogP contribution in [0.15, 0.2) is 48.5 Å². The average molecular weight is 493 g/mol. The van der Waals surface area contributed by atoms with Crippen molar-refractivity contribution < 1.29 is 29.0 Å². The van der Waals surface area contributed by atoms with E-state index in [4.69, 9.17) is 9.47 Å². The highest BCUT2D eigenvalue weighted by Crippen LogP contribution is 2.44. The second kappa shape index (κ2) is 9.15. The van der Waals surface area contributed by atoms with Gasteiger partial charge >= 0.3 is 18.2 Å². The van der Waals surface area contributed by atoms with Crippen LogP contribution < -0.4 is 0 Å². The predicted molar refractivity (Wildman–Crippen MR) is 133 cm³/mol. The minimum absolute atomic E-state index is 0.0648. The summed E-state index contributed by atoms with van der Waals surface area (Å²) in [6, 6.07) is 16.2. The average Bonchev–Trinajstić information content (AvgIpc) is 3.40. The Balaban J connectivity index is 1.27. The first-order chi connectivity index (χ1) is 17.1. The maximum atomic E-state index is 13.1. The number of hydrogen-bond donors (Lipinski definition) is 1. The third-order valence-electron chi connectivity index (χ3n) is 7.44. The maximum absolute atomic E-state index is 13.1. The molecule has 2 fully saturated rings. The number of carbonyl (C=O) groups excluding carboxylic acids is 2. The van der Waals surface area contributed by atoms with Gasteiger partial charge in [0.25, 0.3) is 0 Å². The second-order valence-corrected chi connectivity index (χ2v) is 11.0. The molecule has 190 valence electrons. The van der Waals surface area contributed by atoms with E-state index in [9.17, 15) is 19.5 Å². The highest BCUT2D eigenvalue weighted by molar-refractivity contribution is 5.79. The zero-order chi connectivity index (χ0) is 25.6. The molecule has 1 N–H and O–H groups in total. The molecular formula is C28H32N2O6. The molecule has 2 aliphatic heterocycles. The van der Waals surface area contributed by atoms with E-state index < -0.39 is 29.7 Å². The monoisotopic (exact) mass is 492 g/mol. The zero-order valence-electron chi connectivity index (χ0n) is 20.8. The molecule has 0 saturated carbocycles. The van der Waals surface area contributed by atoms with E-state index in [-0.39, 0.29) is 30.9 Å². The number of likely N-dealkylation sites (tertiary alicyclic amines) is 2. The van der Waals surface area contributed by atoms with Crippen molar-refractivity contribution >= 4 is 18.2 Å². The number of fused-ring (bicyclic) bond motifs is 4. The van der Waals surface area contributed by atoms with Crippen LogP contribution in [0.5, 0.6) is 0 Å². The van der Waals surface area contributed by atoms with Gasteiger partial charge in [-0.1, -0.05) is 48.5 Å². The Hall–Kier alpha value is -3.55. The topological polar surface area (TPSA) is 96.4 Å². The normalized spacial score (nSPS) is 23.0. The summed E-state index contributed by atoms with van der Waals surface area (Å²) in [5, 5.41) is 9.90. The number of piperidine rings is 1. The smallest absolute Gasteiger partial charge is 0.410 e. The Bertz CT molecular complexity index is 1140. The summed E-state index contributed by atoms with van der Waals surface area (Å²) in [5.74, 6) is -2.17. The number of benzene rings is 2. The van der Waals surface area contributed by atoms with Gasteiger partial charge in [0.05, 0.1) is 5.92 Å². The van der Waals surface area contributed by atoms with Gasteiger partial charge in [-0.25, -0.2) is 9.59 Å². The molecule has 2 saturated heterocycles. The van der Waals surface area contributed by atoms with E-state index in [1.54, 1.807) is 25.7 Å². The minimum Gasteiger partial charge on any atom is -0.481 e. The number of amides is 2. The molecule has 0 aromatic heterocycles. The van der Waals surface area contributed by atoms with Gasteiger partial charge in [0.1, 0.15) is 12.2 Å². The standard InChI is InChI=1S/C28H32N2O6/c1-28(2,3)36-27(34)30-13-17-12-29(15-23(25(31)32)22(17)14-30)26(33)35-16-24-20-10-6-4-8-18(20)19-9-5-7-11-21(19)24/h4-11,17,22-24H,12-16H2,1-3H3,(H,31,32)/t17-,22-,23+/m1/s1. The maximum Gasteiger partial charge on any atom is 0.410 e. The van der Waals surface area contributed by atoms with E-state index in [0.717, 1.165) is 22.3 Å². The summed E-state index contributed by atoms with van der Waals surface area (Å²) in [6.07, 6.45) is -0.967. The molecule has 0 radical (unpaired) electrons. The number of aliphatic carboxylic acids is 1. The Morgan fingerprint density at radius 2 is 1.42 bits per heavy atom. The summed E-state index contributed by atoms with van der Waals surface area (Å²) in [5.41, 5.74) is 3.91. The first-order valence-electron chi connectivity index (χ1n) is 12.4. The number of carboxylic acids is 1. The van der Waals surface area contributed by atoms with Gasteiger partial charge in [0.15, 0.2) is 0 Å². The van der Waals surface area contributed by atoms with Crippen molar-refractivity contribution in [2.24, 2.45) is 17.8 Å². The summed E-state index contributed by atoms with van der Waals surface area (Å²) in [6.45, 7) is 6.66. The van der Waals surface area contributed by atoms with Crippen LogP contribution >= 0.6 is 0 Å². The Kier molecular flexibility index (Phi) is 6.14. The van der Waals surface area contributed by atoms with Gasteiger partial charge in [-0.2, -0.15) is 0 Å². The molecule has 8 heteroatoms. The lowest BCUT2D eigenvalue weighted by molar-refractivity contribution is -0.146. The van der Waals surface area contributed by atoms with Crippen LogP contribution in [0.4, 0.5) is 9.59 Å². The Morgan fingerprint density at radius 1 is 0.861 bits per heavy atom. The summed E-state index contributed by atoms with van der Waals surface area (Å²) in [7, 11) is 0. The van der Waals surface area contributed by atoms with Crippen LogP contribution in [0, 0.1) is 17.8 Å². The van der Waals surface area contributed by atoms with Gasteiger partial charge in [0.2, 0.25) is 0 Å². The molecule has 1 aliphatic carbocycles. The molecule has 0 spiro atoms. The van der Waals surface area contributed by atoms with E-state index in [2.05, 4.69) is 24.3 Å². The molecule has 2 aromatic carbocycles. The van der Waals surface area contributed by atoms with E-state index in [1.807, 2.05) is 24.3 Å². The molecule has 2 heterocycles. The third-order valence-corrected chi connectivity index (χ3v) is 7.44. The van der Waals surface area contributed by atoms with Gasteiger partial charge in [-0.05, 0) is 54.9 Å². The van der Waals surface area contributed by atoms with E-state index in [1.165, 1.54) is 4.90 Å². The van der Waals surface area contributed by atoms with Crippen molar-refractivity contribution in [3.63, 3.8) is 0 Å². The molecule has 2 aromatic rings. The van der Waals surface area contributed by atoms with Crippen LogP contribution in [0.3, 0.4) is 0 Å². The zero-order valence-corrected chi connectivity index (χ0v) is 20.8. The van der Waals surface area contributed by atoms with Crippen LogP contribution in [-0.4, -0.2) is 71.4 Å². The van der Waals surface area contributed by atoms with Gasteiger partial charge in [-0.15, -0.1) is 0 Å². The van der Waals surface area contributed by atoms with Crippen LogP contribution in [0.1, 0.15) is 37.8 Å². The van der Waals surface area contributed by atoms with E-state index >= 15 is 0 Å². The van der Waals surface area contributed by atoms with Crippen LogP contribution in [-0.2, 0) is 14.3 Å². The van der Waals surface area contributed by atoms with Crippen LogP contribution in [0.2, 0.25) is 0 Å². The van der Waals surface area contributed by atoms with Crippen LogP contribution in [0.25, 0.3) is 11.1 Å². The van der Waals surface area contributed by atoms with Gasteiger partial charge in [0, 0.05) is 32.1 Å². The molecule has 36 heavy (non-hydrogen) atoms. The molecule has 0 bridgehead atoms. The molecule has 0 unspecified atom stereocenters. The third kappa shape index (κ3) is 4.52. The second-order valence-electron chi connectivity index (χ2n) is 11.0. The number of ether oxygens (including phenoxy) is 2. The van der Waals surface area contributed by atoms with Crippen molar-refractivity contribution in [1.29, 1.82) is 0 Å². The van der Waals surface area contributed by atoms with Gasteiger partial charge < -0.3 is 24.4 Å². The fraction of sp³-hybridized carbons (Fsp3) is 0.464. The fourth-order valence-electron chi connectivity index (χ4n) is 5.85. The number of carboxylic acid groups (broad SMARTS) is 1. The molecular weight excluding hydrogens is 460 g/mol. The lowest BCUT2D eigenvalue weighted by atomic mass is 9.80. The molecule has 3 aliphatic rings. The quantitative estimate of drug-likeness (QED) is 0.681. The lowest BCUT2D eigenvalue weighted by Gasteiger charge is -2.37. The summed E-state index contributed by atoms with van der Waals surface area (Å²) < 4.78 is 11.3.